The van der Waals surface area contributed by atoms with Gasteiger partial charge < -0.3 is 10.0 Å². The van der Waals surface area contributed by atoms with E-state index in [1.807, 2.05) is 10.7 Å². The monoisotopic (exact) mass is 308 g/mol. The third-order valence-electron chi connectivity index (χ3n) is 4.38. The molecule has 1 N–H and O–H groups in total. The predicted octanol–water partition coefficient (Wildman–Crippen LogP) is 2.67. The third kappa shape index (κ3) is 2.68. The molecule has 0 aliphatic carbocycles. The molecule has 0 saturated carbocycles. The molecule has 2 aromatic heterocycles. The largest absolute Gasteiger partial charge is 0.391 e. The van der Waals surface area contributed by atoms with Crippen molar-refractivity contribution in [3.05, 3.63) is 48.3 Å². The van der Waals surface area contributed by atoms with Crippen LogP contribution in [-0.2, 0) is 0 Å². The summed E-state index contributed by atoms with van der Waals surface area (Å²) < 4.78 is 1.88. The van der Waals surface area contributed by atoms with Gasteiger partial charge in [0, 0.05) is 31.0 Å². The Labute approximate surface area is 135 Å². The van der Waals surface area contributed by atoms with E-state index in [0.29, 0.717) is 6.54 Å². The van der Waals surface area contributed by atoms with E-state index >= 15 is 0 Å². The lowest BCUT2D eigenvalue weighted by molar-refractivity contribution is 0.154. The number of nitrogens with zero attached hydrogens (tertiary/aromatic N) is 4. The highest BCUT2D eigenvalue weighted by Crippen LogP contribution is 2.27. The van der Waals surface area contributed by atoms with Gasteiger partial charge in [0.15, 0.2) is 5.82 Å². The van der Waals surface area contributed by atoms with E-state index in [9.17, 15) is 5.11 Å². The van der Waals surface area contributed by atoms with Gasteiger partial charge in [-0.25, -0.2) is 9.50 Å². The van der Waals surface area contributed by atoms with E-state index in [1.165, 1.54) is 5.56 Å². The molecule has 1 saturated heterocycles. The Bertz CT molecular complexity index is 842. The van der Waals surface area contributed by atoms with Crippen molar-refractivity contribution in [1.29, 1.82) is 0 Å². The van der Waals surface area contributed by atoms with Crippen LogP contribution in [0.25, 0.3) is 16.8 Å². The van der Waals surface area contributed by atoms with Crippen molar-refractivity contribution in [2.24, 2.45) is 0 Å². The molecule has 118 valence electrons. The highest BCUT2D eigenvalue weighted by Gasteiger charge is 2.21. The van der Waals surface area contributed by atoms with Gasteiger partial charge in [0.1, 0.15) is 5.52 Å². The van der Waals surface area contributed by atoms with Crippen LogP contribution in [0.2, 0.25) is 0 Å². The number of aliphatic hydroxyl groups excluding tert-OH is 1. The van der Waals surface area contributed by atoms with Crippen molar-refractivity contribution in [3.8, 4) is 11.3 Å². The number of hydrogen-bond acceptors (Lipinski definition) is 4. The number of benzene rings is 1. The van der Waals surface area contributed by atoms with E-state index in [4.69, 9.17) is 0 Å². The van der Waals surface area contributed by atoms with Gasteiger partial charge >= 0.3 is 0 Å². The van der Waals surface area contributed by atoms with Crippen LogP contribution in [0.3, 0.4) is 0 Å². The van der Waals surface area contributed by atoms with Gasteiger partial charge in [-0.1, -0.05) is 23.8 Å². The van der Waals surface area contributed by atoms with Crippen molar-refractivity contribution in [2.45, 2.75) is 25.9 Å². The van der Waals surface area contributed by atoms with Crippen LogP contribution in [-0.4, -0.2) is 38.9 Å². The van der Waals surface area contributed by atoms with Crippen molar-refractivity contribution < 1.29 is 5.11 Å². The Morgan fingerprint density at radius 2 is 2.17 bits per heavy atom. The first-order valence-corrected chi connectivity index (χ1v) is 8.05. The highest BCUT2D eigenvalue weighted by atomic mass is 16.3. The lowest BCUT2D eigenvalue weighted by Crippen LogP contribution is -2.38. The molecule has 4 rings (SSSR count). The summed E-state index contributed by atoms with van der Waals surface area (Å²) in [6, 6.07) is 10.4. The normalized spacial score (nSPS) is 18.5. The van der Waals surface area contributed by atoms with Gasteiger partial charge in [0.25, 0.3) is 0 Å². The van der Waals surface area contributed by atoms with Crippen LogP contribution < -0.4 is 4.90 Å². The van der Waals surface area contributed by atoms with E-state index in [1.54, 1.807) is 6.20 Å². The lowest BCUT2D eigenvalue weighted by Gasteiger charge is -2.31. The molecule has 1 aliphatic heterocycles. The Hall–Kier alpha value is -2.40. The second-order valence-electron chi connectivity index (χ2n) is 6.22. The quantitative estimate of drug-likeness (QED) is 0.791. The summed E-state index contributed by atoms with van der Waals surface area (Å²) in [7, 11) is 0. The summed E-state index contributed by atoms with van der Waals surface area (Å²) in [5.41, 5.74) is 4.26. The molecule has 23 heavy (non-hydrogen) atoms. The molecular weight excluding hydrogens is 288 g/mol. The van der Waals surface area contributed by atoms with Crippen LogP contribution in [0.15, 0.2) is 42.7 Å². The second-order valence-corrected chi connectivity index (χ2v) is 6.22. The fraction of sp³-hybridized carbons (Fsp3) is 0.333. The van der Waals surface area contributed by atoms with E-state index in [2.05, 4.69) is 52.2 Å². The zero-order valence-electron chi connectivity index (χ0n) is 13.2. The SMILES string of the molecule is Cc1cccc(-c2cc3c(N4CCCC(O)C4)nccn3n2)c1. The second kappa shape index (κ2) is 5.66. The summed E-state index contributed by atoms with van der Waals surface area (Å²) in [6.07, 6.45) is 5.23. The average Bonchev–Trinajstić information content (AvgIpc) is 2.99. The number of β-amino-alcohol motifs (C(OH)–C–C–N with tert-alkyl or cyclic N) is 1. The van der Waals surface area contributed by atoms with Crippen molar-refractivity contribution in [2.75, 3.05) is 18.0 Å². The molecule has 0 bridgehead atoms. The topological polar surface area (TPSA) is 53.7 Å². The van der Waals surface area contributed by atoms with Gasteiger partial charge in [0.2, 0.25) is 0 Å². The molecule has 1 fully saturated rings. The fourth-order valence-corrected chi connectivity index (χ4v) is 3.24. The Balaban J connectivity index is 1.78. The number of piperidine rings is 1. The number of anilines is 1. The maximum Gasteiger partial charge on any atom is 0.154 e. The zero-order valence-corrected chi connectivity index (χ0v) is 13.2. The zero-order chi connectivity index (χ0) is 15.8. The number of aliphatic hydroxyl groups is 1. The van der Waals surface area contributed by atoms with Crippen LogP contribution in [0.5, 0.6) is 0 Å². The van der Waals surface area contributed by atoms with Crippen LogP contribution in [0.1, 0.15) is 18.4 Å². The molecule has 1 aliphatic rings. The van der Waals surface area contributed by atoms with Crippen molar-refractivity contribution in [1.82, 2.24) is 14.6 Å². The first-order valence-electron chi connectivity index (χ1n) is 8.05. The molecule has 3 aromatic rings. The number of fused-ring (bicyclic) bond motifs is 1. The molecule has 1 atom stereocenters. The smallest absolute Gasteiger partial charge is 0.154 e. The molecule has 1 aromatic carbocycles. The third-order valence-corrected chi connectivity index (χ3v) is 4.38. The average molecular weight is 308 g/mol. The standard InChI is InChI=1S/C18H20N4O/c1-13-4-2-5-14(10-13)16-11-17-18(19-7-9-22(17)20-16)21-8-3-6-15(23)12-21/h2,4-5,7,9-11,15,23H,3,6,8,12H2,1H3. The lowest BCUT2D eigenvalue weighted by atomic mass is 10.1. The maximum atomic E-state index is 9.93. The van der Waals surface area contributed by atoms with Crippen molar-refractivity contribution >= 4 is 11.3 Å². The molecular formula is C18H20N4O. The van der Waals surface area contributed by atoms with E-state index in [-0.39, 0.29) is 6.10 Å². The summed E-state index contributed by atoms with van der Waals surface area (Å²) in [5.74, 6) is 0.901. The molecule has 0 radical (unpaired) electrons. The predicted molar refractivity (Wildman–Crippen MR) is 90.6 cm³/mol. The summed E-state index contributed by atoms with van der Waals surface area (Å²) in [4.78, 5) is 6.70. The van der Waals surface area contributed by atoms with Gasteiger partial charge in [-0.2, -0.15) is 5.10 Å². The summed E-state index contributed by atoms with van der Waals surface area (Å²) >= 11 is 0. The minimum absolute atomic E-state index is 0.273. The van der Waals surface area contributed by atoms with Crippen LogP contribution >= 0.6 is 0 Å². The summed E-state index contributed by atoms with van der Waals surface area (Å²) in [6.45, 7) is 3.65. The van der Waals surface area contributed by atoms with Crippen molar-refractivity contribution in [3.63, 3.8) is 0 Å². The minimum atomic E-state index is -0.273. The Morgan fingerprint density at radius 3 is 3.00 bits per heavy atom. The van der Waals surface area contributed by atoms with Crippen LogP contribution in [0.4, 0.5) is 5.82 Å². The number of aryl methyl sites for hydroxylation is 1. The van der Waals surface area contributed by atoms with Gasteiger partial charge in [0.05, 0.1) is 11.8 Å². The Morgan fingerprint density at radius 1 is 1.26 bits per heavy atom. The van der Waals surface area contributed by atoms with Crippen LogP contribution in [0, 0.1) is 6.92 Å². The Kier molecular flexibility index (Phi) is 3.50. The van der Waals surface area contributed by atoms with E-state index in [0.717, 1.165) is 42.0 Å². The minimum Gasteiger partial charge on any atom is -0.391 e. The molecule has 5 nitrogen and oxygen atoms in total. The van der Waals surface area contributed by atoms with E-state index < -0.39 is 0 Å². The van der Waals surface area contributed by atoms with Gasteiger partial charge in [-0.15, -0.1) is 0 Å². The summed E-state index contributed by atoms with van der Waals surface area (Å²) in [5, 5.41) is 14.6. The number of rotatable bonds is 2. The number of hydrogen-bond donors (Lipinski definition) is 1. The molecule has 3 heterocycles. The fourth-order valence-electron chi connectivity index (χ4n) is 3.24. The molecule has 5 heteroatoms. The molecule has 0 spiro atoms. The first kappa shape index (κ1) is 14.2. The highest BCUT2D eigenvalue weighted by molar-refractivity contribution is 5.75. The molecule has 1 unspecified atom stereocenters. The van der Waals surface area contributed by atoms with Gasteiger partial charge in [-0.3, -0.25) is 0 Å². The maximum absolute atomic E-state index is 9.93. The van der Waals surface area contributed by atoms with Gasteiger partial charge in [-0.05, 0) is 31.9 Å². The molecule has 0 amide bonds. The first-order chi connectivity index (χ1) is 11.2. The number of aromatic nitrogens is 3.